The Balaban J connectivity index is 1.52. The van der Waals surface area contributed by atoms with Gasteiger partial charge in [0.25, 0.3) is 0 Å². The van der Waals surface area contributed by atoms with Crippen LogP contribution in [0.5, 0.6) is 0 Å². The maximum absolute atomic E-state index is 12.6. The van der Waals surface area contributed by atoms with Crippen LogP contribution in [0, 0.1) is 11.3 Å². The van der Waals surface area contributed by atoms with E-state index in [1.807, 2.05) is 45.0 Å². The van der Waals surface area contributed by atoms with Crippen molar-refractivity contribution >= 4 is 23.2 Å². The van der Waals surface area contributed by atoms with Gasteiger partial charge in [0.15, 0.2) is 0 Å². The Bertz CT molecular complexity index is 1290. The lowest BCUT2D eigenvalue weighted by Crippen LogP contribution is -2.42. The summed E-state index contributed by atoms with van der Waals surface area (Å²) in [6.07, 6.45) is 6.32. The number of anilines is 1. The van der Waals surface area contributed by atoms with E-state index in [2.05, 4.69) is 16.5 Å². The number of likely N-dealkylation sites (tertiary alicyclic amines) is 1. The smallest absolute Gasteiger partial charge is 0.410 e. The summed E-state index contributed by atoms with van der Waals surface area (Å²) in [5.41, 5.74) is 3.55. The molecule has 188 valence electrons. The van der Waals surface area contributed by atoms with E-state index in [1.54, 1.807) is 27.9 Å². The molecule has 4 rings (SSSR count). The fourth-order valence-corrected chi connectivity index (χ4v) is 4.35. The molecule has 9 nitrogen and oxygen atoms in total. The van der Waals surface area contributed by atoms with Crippen LogP contribution in [0.15, 0.2) is 42.7 Å². The molecule has 3 aromatic heterocycles. The lowest BCUT2D eigenvalue weighted by molar-refractivity contribution is -0.116. The second-order valence-electron chi connectivity index (χ2n) is 10.1. The van der Waals surface area contributed by atoms with Crippen molar-refractivity contribution in [1.82, 2.24) is 19.5 Å². The molecule has 1 fully saturated rings. The SMILES string of the molecule is CC(C)(C)OC(=O)N1CCCC(c2cccc(-c3cnn4ccc(NC(=O)CCCC#N)cc34)n2)C1. The first-order valence-corrected chi connectivity index (χ1v) is 12.3. The summed E-state index contributed by atoms with van der Waals surface area (Å²) >= 11 is 0. The van der Waals surface area contributed by atoms with E-state index in [0.717, 1.165) is 35.3 Å². The lowest BCUT2D eigenvalue weighted by atomic mass is 9.94. The molecule has 0 aliphatic carbocycles. The normalized spacial score (nSPS) is 15.9. The van der Waals surface area contributed by atoms with Gasteiger partial charge < -0.3 is 15.0 Å². The predicted molar refractivity (Wildman–Crippen MR) is 136 cm³/mol. The molecule has 4 heterocycles. The molecule has 0 aromatic carbocycles. The minimum absolute atomic E-state index is 0.122. The summed E-state index contributed by atoms with van der Waals surface area (Å²) in [5, 5.41) is 16.0. The number of amides is 2. The molecule has 1 aliphatic rings. The van der Waals surface area contributed by atoms with Gasteiger partial charge in [0.1, 0.15) is 5.60 Å². The maximum Gasteiger partial charge on any atom is 0.410 e. The molecule has 0 bridgehead atoms. The summed E-state index contributed by atoms with van der Waals surface area (Å²) < 4.78 is 7.32. The number of rotatable bonds is 6. The Hall–Kier alpha value is -3.93. The number of carbonyl (C=O) groups excluding carboxylic acids is 2. The molecule has 9 heteroatoms. The zero-order valence-corrected chi connectivity index (χ0v) is 21.0. The Morgan fingerprint density at radius 3 is 2.89 bits per heavy atom. The van der Waals surface area contributed by atoms with Crippen molar-refractivity contribution in [3.8, 4) is 17.3 Å². The number of pyridine rings is 2. The van der Waals surface area contributed by atoms with E-state index in [4.69, 9.17) is 15.0 Å². The summed E-state index contributed by atoms with van der Waals surface area (Å²) in [6, 6.07) is 11.7. The maximum atomic E-state index is 12.6. The van der Waals surface area contributed by atoms with E-state index >= 15 is 0 Å². The summed E-state index contributed by atoms with van der Waals surface area (Å²) in [7, 11) is 0. The number of nitrogens with one attached hydrogen (secondary N) is 1. The van der Waals surface area contributed by atoms with Crippen LogP contribution in [0.4, 0.5) is 10.5 Å². The molecule has 1 saturated heterocycles. The standard InChI is InChI=1S/C27H32N6O3/c1-27(2,3)36-26(35)32-14-7-8-19(18-32)22-9-6-10-23(31-22)21-17-29-33-15-12-20(16-24(21)33)30-25(34)11-4-5-13-28/h6,9-10,12,15-17,19H,4-5,7-8,11,14,18H2,1-3H3,(H,30,34). The predicted octanol–water partition coefficient (Wildman–Crippen LogP) is 5.14. The van der Waals surface area contributed by atoms with E-state index in [1.165, 1.54) is 0 Å². The van der Waals surface area contributed by atoms with Gasteiger partial charge in [-0.2, -0.15) is 10.4 Å². The molecule has 1 unspecified atom stereocenters. The first-order chi connectivity index (χ1) is 17.2. The van der Waals surface area contributed by atoms with Crippen LogP contribution in [0.3, 0.4) is 0 Å². The lowest BCUT2D eigenvalue weighted by Gasteiger charge is -2.34. The van der Waals surface area contributed by atoms with Crippen LogP contribution in [0.2, 0.25) is 0 Å². The summed E-state index contributed by atoms with van der Waals surface area (Å²) in [6.45, 7) is 6.88. The number of ether oxygens (including phenoxy) is 1. The van der Waals surface area contributed by atoms with E-state index < -0.39 is 5.60 Å². The van der Waals surface area contributed by atoms with Crippen LogP contribution in [-0.4, -0.2) is 50.2 Å². The van der Waals surface area contributed by atoms with Gasteiger partial charge in [-0.25, -0.2) is 9.31 Å². The largest absolute Gasteiger partial charge is 0.444 e. The number of hydrogen-bond donors (Lipinski definition) is 1. The third-order valence-electron chi connectivity index (χ3n) is 6.04. The third kappa shape index (κ3) is 6.19. The van der Waals surface area contributed by atoms with Crippen molar-refractivity contribution in [1.29, 1.82) is 5.26 Å². The topological polar surface area (TPSA) is 113 Å². The number of nitrogens with zero attached hydrogens (tertiary/aromatic N) is 5. The zero-order chi connectivity index (χ0) is 25.7. The highest BCUT2D eigenvalue weighted by Crippen LogP contribution is 2.30. The monoisotopic (exact) mass is 488 g/mol. The number of unbranched alkanes of at least 4 members (excludes halogenated alkanes) is 1. The van der Waals surface area contributed by atoms with Gasteiger partial charge in [0, 0.05) is 55.0 Å². The number of piperidine rings is 1. The minimum Gasteiger partial charge on any atom is -0.444 e. The van der Waals surface area contributed by atoms with Crippen molar-refractivity contribution in [2.45, 2.75) is 64.4 Å². The highest BCUT2D eigenvalue weighted by atomic mass is 16.6. The first kappa shape index (κ1) is 25.2. The van der Waals surface area contributed by atoms with Crippen molar-refractivity contribution < 1.29 is 14.3 Å². The van der Waals surface area contributed by atoms with Gasteiger partial charge >= 0.3 is 6.09 Å². The highest BCUT2D eigenvalue weighted by Gasteiger charge is 2.29. The number of hydrogen-bond acceptors (Lipinski definition) is 6. The van der Waals surface area contributed by atoms with Gasteiger partial charge in [-0.05, 0) is 64.3 Å². The molecule has 0 radical (unpaired) electrons. The molecule has 0 saturated carbocycles. The molecule has 2 amide bonds. The molecular weight excluding hydrogens is 456 g/mol. The molecule has 1 aliphatic heterocycles. The fraction of sp³-hybridized carbons (Fsp3) is 0.444. The van der Waals surface area contributed by atoms with Gasteiger partial charge in [0.2, 0.25) is 5.91 Å². The van der Waals surface area contributed by atoms with Gasteiger partial charge in [0.05, 0.1) is 23.5 Å². The average molecular weight is 489 g/mol. The average Bonchev–Trinajstić information content (AvgIpc) is 3.27. The van der Waals surface area contributed by atoms with Crippen molar-refractivity contribution in [2.75, 3.05) is 18.4 Å². The van der Waals surface area contributed by atoms with Gasteiger partial charge in [-0.1, -0.05) is 6.07 Å². The van der Waals surface area contributed by atoms with Crippen molar-refractivity contribution in [3.63, 3.8) is 0 Å². The van der Waals surface area contributed by atoms with Crippen LogP contribution in [0.25, 0.3) is 16.8 Å². The minimum atomic E-state index is -0.527. The Labute approximate surface area is 211 Å². The molecule has 1 N–H and O–H groups in total. The van der Waals surface area contributed by atoms with Crippen LogP contribution in [0.1, 0.15) is 64.5 Å². The number of carbonyl (C=O) groups is 2. The molecule has 3 aromatic rings. The second kappa shape index (κ2) is 10.8. The van der Waals surface area contributed by atoms with Crippen LogP contribution < -0.4 is 5.32 Å². The first-order valence-electron chi connectivity index (χ1n) is 12.3. The van der Waals surface area contributed by atoms with Gasteiger partial charge in [-0.15, -0.1) is 0 Å². The molecular formula is C27H32N6O3. The quantitative estimate of drug-likeness (QED) is 0.481. The fourth-order valence-electron chi connectivity index (χ4n) is 4.35. The van der Waals surface area contributed by atoms with Crippen molar-refractivity contribution in [3.05, 3.63) is 48.4 Å². The molecule has 1 atom stereocenters. The third-order valence-corrected chi connectivity index (χ3v) is 6.04. The molecule has 0 spiro atoms. The van der Waals surface area contributed by atoms with E-state index in [9.17, 15) is 9.59 Å². The Morgan fingerprint density at radius 2 is 2.11 bits per heavy atom. The highest BCUT2D eigenvalue weighted by molar-refractivity contribution is 5.92. The van der Waals surface area contributed by atoms with Gasteiger partial charge in [-0.3, -0.25) is 9.78 Å². The summed E-state index contributed by atoms with van der Waals surface area (Å²) in [5.74, 6) is -0.000977. The van der Waals surface area contributed by atoms with Crippen LogP contribution in [-0.2, 0) is 9.53 Å². The Kier molecular flexibility index (Phi) is 7.53. The number of nitriles is 1. The van der Waals surface area contributed by atoms with E-state index in [0.29, 0.717) is 38.0 Å². The van der Waals surface area contributed by atoms with Crippen molar-refractivity contribution in [2.24, 2.45) is 0 Å². The second-order valence-corrected chi connectivity index (χ2v) is 10.1. The van der Waals surface area contributed by atoms with E-state index in [-0.39, 0.29) is 17.9 Å². The Morgan fingerprint density at radius 1 is 1.28 bits per heavy atom. The van der Waals surface area contributed by atoms with Crippen LogP contribution >= 0.6 is 0 Å². The summed E-state index contributed by atoms with van der Waals surface area (Å²) in [4.78, 5) is 31.5. The molecule has 36 heavy (non-hydrogen) atoms. The number of aromatic nitrogens is 3. The zero-order valence-electron chi connectivity index (χ0n) is 21.0. The number of fused-ring (bicyclic) bond motifs is 1.